The number of nitrogens with two attached hydrogens (primary N) is 1. The van der Waals surface area contributed by atoms with E-state index in [4.69, 9.17) is 10.5 Å². The monoisotopic (exact) mass is 563 g/mol. The Bertz CT molecular complexity index is 1790. The summed E-state index contributed by atoms with van der Waals surface area (Å²) in [6.45, 7) is 6.50. The lowest BCUT2D eigenvalue weighted by molar-refractivity contribution is 0.0689. The molecule has 9 heteroatoms. The lowest BCUT2D eigenvalue weighted by Gasteiger charge is -2.19. The number of nitrogens with zero attached hydrogens (tertiary/aromatic N) is 3. The van der Waals surface area contributed by atoms with Crippen molar-refractivity contribution in [2.24, 2.45) is 5.73 Å². The topological polar surface area (TPSA) is 136 Å². The van der Waals surface area contributed by atoms with Crippen molar-refractivity contribution in [1.29, 1.82) is 0 Å². The van der Waals surface area contributed by atoms with Gasteiger partial charge < -0.3 is 20.1 Å². The summed E-state index contributed by atoms with van der Waals surface area (Å²) in [6.07, 6.45) is 4.64. The number of aromatic carboxylic acids is 1. The van der Waals surface area contributed by atoms with Gasteiger partial charge in [-0.1, -0.05) is 51.1 Å². The van der Waals surface area contributed by atoms with Crippen molar-refractivity contribution in [3.05, 3.63) is 83.8 Å². The molecule has 1 aliphatic carbocycles. The predicted octanol–water partition coefficient (Wildman–Crippen LogP) is 6.50. The number of hydrogen-bond acceptors (Lipinski definition) is 5. The van der Waals surface area contributed by atoms with Gasteiger partial charge in [0.2, 0.25) is 5.82 Å². The van der Waals surface area contributed by atoms with E-state index < -0.39 is 11.9 Å². The van der Waals surface area contributed by atoms with Crippen LogP contribution in [0.4, 0.5) is 0 Å². The zero-order valence-corrected chi connectivity index (χ0v) is 23.8. The van der Waals surface area contributed by atoms with Gasteiger partial charge in [-0.25, -0.2) is 9.78 Å². The molecule has 6 rings (SSSR count). The second-order valence-electron chi connectivity index (χ2n) is 11.8. The number of benzene rings is 3. The summed E-state index contributed by atoms with van der Waals surface area (Å²) in [4.78, 5) is 28.9. The van der Waals surface area contributed by atoms with Gasteiger partial charge in [0.1, 0.15) is 11.4 Å². The van der Waals surface area contributed by atoms with E-state index in [0.717, 1.165) is 29.7 Å². The van der Waals surface area contributed by atoms with E-state index >= 15 is 0 Å². The molecule has 3 aromatic carbocycles. The van der Waals surface area contributed by atoms with E-state index in [9.17, 15) is 14.7 Å². The number of primary amides is 1. The van der Waals surface area contributed by atoms with Crippen LogP contribution >= 0.6 is 0 Å². The van der Waals surface area contributed by atoms with E-state index in [2.05, 4.69) is 60.2 Å². The number of fused-ring (bicyclic) bond motifs is 1. The quantitative estimate of drug-likeness (QED) is 0.207. The number of rotatable bonds is 7. The normalized spacial score (nSPS) is 14.0. The molecule has 0 atom stereocenters. The van der Waals surface area contributed by atoms with Crippen LogP contribution in [0.1, 0.15) is 73.1 Å². The molecule has 9 nitrogen and oxygen atoms in total. The molecule has 2 heterocycles. The maximum Gasteiger partial charge on any atom is 0.353 e. The third-order valence-electron chi connectivity index (χ3n) is 7.90. The first-order chi connectivity index (χ1) is 20.1. The lowest BCUT2D eigenvalue weighted by Crippen LogP contribution is -2.12. The van der Waals surface area contributed by atoms with Crippen LogP contribution in [-0.4, -0.2) is 42.8 Å². The molecule has 0 radical (unpaired) electrons. The van der Waals surface area contributed by atoms with E-state index in [-0.39, 0.29) is 28.9 Å². The lowest BCUT2D eigenvalue weighted by atomic mass is 9.86. The van der Waals surface area contributed by atoms with Crippen LogP contribution in [0.5, 0.6) is 5.75 Å². The Morgan fingerprint density at radius 3 is 2.24 bits per heavy atom. The average molecular weight is 564 g/mol. The van der Waals surface area contributed by atoms with Crippen LogP contribution in [0.25, 0.3) is 39.1 Å². The SMILES string of the molecule is CC(C)(C)c1ccc(-c2ccc3c(c2)c(-c2n[nH]c(C(N)=O)n2)c(C(=O)O)n3-c2ccc(OC3CCCC3)cc2)cc1. The number of carbonyl (C=O) groups is 2. The highest BCUT2D eigenvalue weighted by atomic mass is 16.5. The van der Waals surface area contributed by atoms with Gasteiger partial charge in [-0.15, -0.1) is 0 Å². The summed E-state index contributed by atoms with van der Waals surface area (Å²) in [5.74, 6) is -1.27. The fraction of sp³-hybridized carbons (Fsp3) is 0.273. The van der Waals surface area contributed by atoms with Gasteiger partial charge >= 0.3 is 5.97 Å². The Morgan fingerprint density at radius 1 is 0.976 bits per heavy atom. The number of hydrogen-bond donors (Lipinski definition) is 3. The molecule has 1 saturated carbocycles. The maximum absolute atomic E-state index is 12.9. The van der Waals surface area contributed by atoms with Crippen LogP contribution in [-0.2, 0) is 5.41 Å². The third-order valence-corrected chi connectivity index (χ3v) is 7.90. The summed E-state index contributed by atoms with van der Waals surface area (Å²) in [5, 5.41) is 17.9. The van der Waals surface area contributed by atoms with Gasteiger partial charge in [0.15, 0.2) is 5.82 Å². The number of aromatic amines is 1. The van der Waals surface area contributed by atoms with Crippen molar-refractivity contribution in [2.45, 2.75) is 58.0 Å². The number of nitrogens with one attached hydrogen (secondary N) is 1. The Morgan fingerprint density at radius 2 is 1.64 bits per heavy atom. The molecule has 1 aliphatic rings. The van der Waals surface area contributed by atoms with Crippen LogP contribution in [0.3, 0.4) is 0 Å². The molecular formula is C33H33N5O4. The fourth-order valence-electron chi connectivity index (χ4n) is 5.69. The minimum Gasteiger partial charge on any atom is -0.490 e. The van der Waals surface area contributed by atoms with E-state index in [1.807, 2.05) is 42.5 Å². The van der Waals surface area contributed by atoms with Gasteiger partial charge in [-0.2, -0.15) is 5.10 Å². The maximum atomic E-state index is 12.9. The molecule has 0 saturated heterocycles. The zero-order chi connectivity index (χ0) is 29.6. The van der Waals surface area contributed by atoms with E-state index in [0.29, 0.717) is 22.2 Å². The van der Waals surface area contributed by atoms with Gasteiger partial charge in [0.05, 0.1) is 17.2 Å². The van der Waals surface area contributed by atoms with Crippen molar-refractivity contribution in [1.82, 2.24) is 19.7 Å². The van der Waals surface area contributed by atoms with Crippen molar-refractivity contribution < 1.29 is 19.4 Å². The number of H-pyrrole nitrogens is 1. The van der Waals surface area contributed by atoms with E-state index in [1.54, 1.807) is 4.57 Å². The van der Waals surface area contributed by atoms with Crippen LogP contribution < -0.4 is 10.5 Å². The molecule has 1 fully saturated rings. The highest BCUT2D eigenvalue weighted by molar-refractivity contribution is 6.09. The minimum absolute atomic E-state index is 0.0186. The van der Waals surface area contributed by atoms with Crippen LogP contribution in [0.2, 0.25) is 0 Å². The second-order valence-corrected chi connectivity index (χ2v) is 11.8. The highest BCUT2D eigenvalue weighted by Crippen LogP contribution is 2.39. The highest BCUT2D eigenvalue weighted by Gasteiger charge is 2.28. The Kier molecular flexibility index (Phi) is 6.80. The number of ether oxygens (including phenoxy) is 1. The molecule has 214 valence electrons. The van der Waals surface area contributed by atoms with Crippen molar-refractivity contribution in [3.8, 4) is 34.0 Å². The summed E-state index contributed by atoms with van der Waals surface area (Å²) in [6, 6.07) is 21.6. The molecule has 1 amide bonds. The fourth-order valence-corrected chi connectivity index (χ4v) is 5.69. The summed E-state index contributed by atoms with van der Waals surface area (Å²) in [5.41, 5.74) is 10.1. The number of carbonyl (C=O) groups excluding carboxylic acids is 1. The number of carboxylic acid groups (broad SMARTS) is 1. The minimum atomic E-state index is -1.16. The number of amides is 1. The smallest absolute Gasteiger partial charge is 0.353 e. The van der Waals surface area contributed by atoms with Gasteiger partial charge in [0, 0.05) is 11.1 Å². The Hall–Kier alpha value is -4.92. The molecule has 0 spiro atoms. The molecule has 0 unspecified atom stereocenters. The first-order valence-electron chi connectivity index (χ1n) is 14.1. The Labute approximate surface area is 243 Å². The third kappa shape index (κ3) is 5.02. The van der Waals surface area contributed by atoms with Crippen LogP contribution in [0.15, 0.2) is 66.7 Å². The second kappa shape index (κ2) is 10.5. The molecule has 42 heavy (non-hydrogen) atoms. The van der Waals surface area contributed by atoms with Crippen LogP contribution in [0, 0.1) is 0 Å². The Balaban J connectivity index is 1.52. The molecule has 0 aliphatic heterocycles. The number of aromatic nitrogens is 4. The molecular weight excluding hydrogens is 530 g/mol. The largest absolute Gasteiger partial charge is 0.490 e. The average Bonchev–Trinajstić information content (AvgIpc) is 3.72. The molecule has 0 bridgehead atoms. The number of carboxylic acids is 1. The van der Waals surface area contributed by atoms with Gasteiger partial charge in [-0.05, 0) is 84.2 Å². The molecule has 4 N–H and O–H groups in total. The predicted molar refractivity (Wildman–Crippen MR) is 161 cm³/mol. The zero-order valence-electron chi connectivity index (χ0n) is 23.8. The molecule has 5 aromatic rings. The summed E-state index contributed by atoms with van der Waals surface area (Å²) < 4.78 is 7.81. The van der Waals surface area contributed by atoms with Crippen molar-refractivity contribution >= 4 is 22.8 Å². The van der Waals surface area contributed by atoms with E-state index in [1.165, 1.54) is 18.4 Å². The van der Waals surface area contributed by atoms with Gasteiger partial charge in [-0.3, -0.25) is 9.89 Å². The summed E-state index contributed by atoms with van der Waals surface area (Å²) in [7, 11) is 0. The first kappa shape index (κ1) is 27.3. The standard InChI is InChI=1S/C33H33N5O4/c1-33(2,3)21-11-8-19(9-12-21)20-10-17-26-25(18-20)27(30-35-31(29(34)39)37-36-30)28(32(40)41)38(26)22-13-15-24(16-14-22)42-23-6-4-5-7-23/h8-18,23H,4-7H2,1-3H3,(H2,34,39)(H,40,41)(H,35,36,37). The van der Waals surface area contributed by atoms with Gasteiger partial charge in [0.25, 0.3) is 5.91 Å². The van der Waals surface area contributed by atoms with Crippen molar-refractivity contribution in [2.75, 3.05) is 0 Å². The summed E-state index contributed by atoms with van der Waals surface area (Å²) >= 11 is 0. The van der Waals surface area contributed by atoms with Crippen molar-refractivity contribution in [3.63, 3.8) is 0 Å². The first-order valence-corrected chi connectivity index (χ1v) is 14.1. The molecule has 2 aromatic heterocycles.